The Morgan fingerprint density at radius 1 is 1.30 bits per heavy atom. The smallest absolute Gasteiger partial charge is 0.409 e. The summed E-state index contributed by atoms with van der Waals surface area (Å²) >= 11 is 0. The zero-order chi connectivity index (χ0) is 16.5. The minimum absolute atomic E-state index is 0.0482. The first-order chi connectivity index (χ1) is 11.2. The molecule has 1 atom stereocenters. The van der Waals surface area contributed by atoms with E-state index in [0.717, 1.165) is 25.7 Å². The van der Waals surface area contributed by atoms with Crippen LogP contribution in [-0.4, -0.2) is 43.1 Å². The Morgan fingerprint density at radius 3 is 2.83 bits per heavy atom. The van der Waals surface area contributed by atoms with Gasteiger partial charge in [-0.1, -0.05) is 30.3 Å². The van der Waals surface area contributed by atoms with Gasteiger partial charge in [-0.3, -0.25) is 4.79 Å². The van der Waals surface area contributed by atoms with E-state index in [0.29, 0.717) is 26.2 Å². The highest BCUT2D eigenvalue weighted by atomic mass is 16.6. The number of benzene rings is 1. The number of aryl methyl sites for hydroxylation is 1. The molecule has 0 saturated carbocycles. The summed E-state index contributed by atoms with van der Waals surface area (Å²) in [6.45, 7) is 3.97. The zero-order valence-electron chi connectivity index (χ0n) is 13.8. The summed E-state index contributed by atoms with van der Waals surface area (Å²) in [7, 11) is 0. The molecule has 0 aliphatic carbocycles. The fourth-order valence-corrected chi connectivity index (χ4v) is 2.86. The SMILES string of the molecule is CCOC(=O)N1CCCC(C(=O)NCCCc2ccccc2)C1. The summed E-state index contributed by atoms with van der Waals surface area (Å²) in [6, 6.07) is 10.3. The first kappa shape index (κ1) is 17.3. The molecular weight excluding hydrogens is 292 g/mol. The second kappa shape index (κ2) is 9.18. The predicted molar refractivity (Wildman–Crippen MR) is 89.1 cm³/mol. The number of rotatable bonds is 6. The molecule has 1 saturated heterocycles. The minimum Gasteiger partial charge on any atom is -0.450 e. The molecule has 1 unspecified atom stereocenters. The zero-order valence-corrected chi connectivity index (χ0v) is 13.8. The van der Waals surface area contributed by atoms with Gasteiger partial charge >= 0.3 is 6.09 Å². The van der Waals surface area contributed by atoms with Gasteiger partial charge in [0.1, 0.15) is 0 Å². The van der Waals surface area contributed by atoms with Crippen LogP contribution in [0.2, 0.25) is 0 Å². The van der Waals surface area contributed by atoms with Crippen molar-refractivity contribution in [3.8, 4) is 0 Å². The number of piperidine rings is 1. The van der Waals surface area contributed by atoms with Crippen molar-refractivity contribution in [2.75, 3.05) is 26.2 Å². The maximum Gasteiger partial charge on any atom is 0.409 e. The predicted octanol–water partition coefficient (Wildman–Crippen LogP) is 2.60. The van der Waals surface area contributed by atoms with E-state index in [1.165, 1.54) is 5.56 Å². The van der Waals surface area contributed by atoms with Crippen LogP contribution < -0.4 is 5.32 Å². The van der Waals surface area contributed by atoms with Gasteiger partial charge in [-0.05, 0) is 38.2 Å². The normalized spacial score (nSPS) is 17.6. The third kappa shape index (κ3) is 5.58. The molecule has 1 aliphatic rings. The Kier molecular flexibility index (Phi) is 6.91. The summed E-state index contributed by atoms with van der Waals surface area (Å²) in [4.78, 5) is 25.6. The van der Waals surface area contributed by atoms with Gasteiger partial charge < -0.3 is 15.0 Å². The molecule has 1 heterocycles. The molecule has 5 nitrogen and oxygen atoms in total. The number of ether oxygens (including phenoxy) is 1. The van der Waals surface area contributed by atoms with Crippen molar-refractivity contribution in [3.63, 3.8) is 0 Å². The lowest BCUT2D eigenvalue weighted by atomic mass is 9.97. The Labute approximate surface area is 138 Å². The van der Waals surface area contributed by atoms with E-state index >= 15 is 0 Å². The molecule has 23 heavy (non-hydrogen) atoms. The molecule has 1 aromatic rings. The van der Waals surface area contributed by atoms with E-state index in [4.69, 9.17) is 4.74 Å². The summed E-state index contributed by atoms with van der Waals surface area (Å²) in [5.74, 6) is -0.0723. The molecule has 0 radical (unpaired) electrons. The number of hydrogen-bond acceptors (Lipinski definition) is 3. The van der Waals surface area contributed by atoms with Gasteiger partial charge in [0.05, 0.1) is 12.5 Å². The fourth-order valence-electron chi connectivity index (χ4n) is 2.86. The molecule has 2 amide bonds. The minimum atomic E-state index is -0.311. The average Bonchev–Trinajstić information content (AvgIpc) is 2.60. The monoisotopic (exact) mass is 318 g/mol. The van der Waals surface area contributed by atoms with Gasteiger partial charge in [0.2, 0.25) is 5.91 Å². The number of carbonyl (C=O) groups is 2. The largest absolute Gasteiger partial charge is 0.450 e. The van der Waals surface area contributed by atoms with Crippen LogP contribution in [0, 0.1) is 5.92 Å². The molecular formula is C18H26N2O3. The van der Waals surface area contributed by atoms with Crippen molar-refractivity contribution < 1.29 is 14.3 Å². The highest BCUT2D eigenvalue weighted by Gasteiger charge is 2.28. The quantitative estimate of drug-likeness (QED) is 0.820. The van der Waals surface area contributed by atoms with Gasteiger partial charge in [0.15, 0.2) is 0 Å². The highest BCUT2D eigenvalue weighted by Crippen LogP contribution is 2.17. The lowest BCUT2D eigenvalue weighted by molar-refractivity contribution is -0.126. The maximum absolute atomic E-state index is 12.2. The molecule has 126 valence electrons. The van der Waals surface area contributed by atoms with Gasteiger partial charge in [-0.2, -0.15) is 0 Å². The van der Waals surface area contributed by atoms with Crippen LogP contribution in [0.5, 0.6) is 0 Å². The molecule has 1 fully saturated rings. The van der Waals surface area contributed by atoms with Crippen LogP contribution in [0.25, 0.3) is 0 Å². The first-order valence-corrected chi connectivity index (χ1v) is 8.44. The molecule has 1 N–H and O–H groups in total. The highest BCUT2D eigenvalue weighted by molar-refractivity contribution is 5.79. The Balaban J connectivity index is 1.69. The summed E-state index contributed by atoms with van der Waals surface area (Å²) in [6.07, 6.45) is 3.25. The van der Waals surface area contributed by atoms with Crippen molar-refractivity contribution in [1.82, 2.24) is 10.2 Å². The lowest BCUT2D eigenvalue weighted by Gasteiger charge is -2.31. The van der Waals surface area contributed by atoms with Crippen molar-refractivity contribution >= 4 is 12.0 Å². The van der Waals surface area contributed by atoms with E-state index < -0.39 is 0 Å². The first-order valence-electron chi connectivity index (χ1n) is 8.44. The van der Waals surface area contributed by atoms with Gasteiger partial charge in [0, 0.05) is 19.6 Å². The summed E-state index contributed by atoms with van der Waals surface area (Å²) in [5, 5.41) is 3.00. The molecule has 0 spiro atoms. The number of nitrogens with zero attached hydrogens (tertiary/aromatic N) is 1. The van der Waals surface area contributed by atoms with E-state index in [1.807, 2.05) is 18.2 Å². The van der Waals surface area contributed by atoms with Crippen LogP contribution in [0.15, 0.2) is 30.3 Å². The standard InChI is InChI=1S/C18H26N2O3/c1-2-23-18(22)20-13-7-11-16(14-20)17(21)19-12-6-10-15-8-4-3-5-9-15/h3-5,8-9,16H,2,6-7,10-14H2,1H3,(H,19,21). The number of nitrogens with one attached hydrogen (secondary N) is 1. The van der Waals surface area contributed by atoms with Crippen LogP contribution in [-0.2, 0) is 16.0 Å². The lowest BCUT2D eigenvalue weighted by Crippen LogP contribution is -2.45. The van der Waals surface area contributed by atoms with Gasteiger partial charge in [-0.25, -0.2) is 4.79 Å². The van der Waals surface area contributed by atoms with Crippen molar-refractivity contribution in [3.05, 3.63) is 35.9 Å². The van der Waals surface area contributed by atoms with E-state index in [2.05, 4.69) is 17.4 Å². The van der Waals surface area contributed by atoms with Crippen molar-refractivity contribution in [2.45, 2.75) is 32.6 Å². The second-order valence-corrected chi connectivity index (χ2v) is 5.86. The Hall–Kier alpha value is -2.04. The molecule has 5 heteroatoms. The average molecular weight is 318 g/mol. The van der Waals surface area contributed by atoms with Crippen LogP contribution in [0.3, 0.4) is 0 Å². The molecule has 1 aromatic carbocycles. The molecule has 2 rings (SSSR count). The van der Waals surface area contributed by atoms with Gasteiger partial charge in [0.25, 0.3) is 0 Å². The van der Waals surface area contributed by atoms with Crippen molar-refractivity contribution in [2.24, 2.45) is 5.92 Å². The Morgan fingerprint density at radius 2 is 2.09 bits per heavy atom. The van der Waals surface area contributed by atoms with Crippen LogP contribution in [0.1, 0.15) is 31.7 Å². The number of likely N-dealkylation sites (tertiary alicyclic amines) is 1. The maximum atomic E-state index is 12.2. The summed E-state index contributed by atoms with van der Waals surface area (Å²) in [5.41, 5.74) is 1.29. The molecule has 1 aliphatic heterocycles. The number of amides is 2. The summed E-state index contributed by atoms with van der Waals surface area (Å²) < 4.78 is 5.01. The Bertz CT molecular complexity index is 504. The number of carbonyl (C=O) groups excluding carboxylic acids is 2. The van der Waals surface area contributed by atoms with E-state index in [-0.39, 0.29) is 17.9 Å². The number of hydrogen-bond donors (Lipinski definition) is 1. The third-order valence-corrected chi connectivity index (χ3v) is 4.10. The van der Waals surface area contributed by atoms with E-state index in [9.17, 15) is 9.59 Å². The van der Waals surface area contributed by atoms with E-state index in [1.54, 1.807) is 11.8 Å². The molecule has 0 aromatic heterocycles. The molecule has 0 bridgehead atoms. The third-order valence-electron chi connectivity index (χ3n) is 4.10. The van der Waals surface area contributed by atoms with Crippen LogP contribution >= 0.6 is 0 Å². The topological polar surface area (TPSA) is 58.6 Å². The fraction of sp³-hybridized carbons (Fsp3) is 0.556. The van der Waals surface area contributed by atoms with Crippen molar-refractivity contribution in [1.29, 1.82) is 0 Å². The second-order valence-electron chi connectivity index (χ2n) is 5.86. The van der Waals surface area contributed by atoms with Gasteiger partial charge in [-0.15, -0.1) is 0 Å². The van der Waals surface area contributed by atoms with Crippen LogP contribution in [0.4, 0.5) is 4.79 Å².